The molecule has 0 radical (unpaired) electrons. The molecule has 6 nitrogen and oxygen atoms in total. The van der Waals surface area contributed by atoms with E-state index >= 15 is 0 Å². The zero-order valence-electron chi connectivity index (χ0n) is 13.0. The van der Waals surface area contributed by atoms with Crippen LogP contribution in [-0.2, 0) is 10.0 Å². The predicted molar refractivity (Wildman–Crippen MR) is 104 cm³/mol. The summed E-state index contributed by atoms with van der Waals surface area (Å²) in [6, 6.07) is 3.75. The predicted octanol–water partition coefficient (Wildman–Crippen LogP) is 2.22. The van der Waals surface area contributed by atoms with Crippen LogP contribution in [0.5, 0.6) is 0 Å². The lowest BCUT2D eigenvalue weighted by Crippen LogP contribution is -2.39. The van der Waals surface area contributed by atoms with Gasteiger partial charge in [-0.3, -0.25) is 4.99 Å². The molecule has 1 aliphatic rings. The lowest BCUT2D eigenvalue weighted by molar-refractivity contribution is 0.557. The zero-order valence-corrected chi connectivity index (χ0v) is 16.9. The molecular formula is C14H21ClFIN4O2S. The van der Waals surface area contributed by atoms with Crippen LogP contribution >= 0.6 is 35.6 Å². The van der Waals surface area contributed by atoms with Crippen molar-refractivity contribution in [1.82, 2.24) is 10.0 Å². The van der Waals surface area contributed by atoms with Crippen molar-refractivity contribution in [2.24, 2.45) is 10.7 Å². The fourth-order valence-corrected chi connectivity index (χ4v) is 3.69. The molecule has 0 bridgehead atoms. The Labute approximate surface area is 163 Å². The molecule has 1 aromatic carbocycles. The first kappa shape index (κ1) is 21.4. The van der Waals surface area contributed by atoms with Crippen molar-refractivity contribution in [3.8, 4) is 0 Å². The molecule has 0 spiro atoms. The first-order valence-corrected chi connectivity index (χ1v) is 9.26. The highest BCUT2D eigenvalue weighted by Gasteiger charge is 2.18. The number of hydrogen-bond donors (Lipinski definition) is 3. The van der Waals surface area contributed by atoms with Gasteiger partial charge in [0.25, 0.3) is 0 Å². The molecule has 4 N–H and O–H groups in total. The normalized spacial score (nSPS) is 16.0. The van der Waals surface area contributed by atoms with Crippen molar-refractivity contribution in [2.45, 2.75) is 36.6 Å². The van der Waals surface area contributed by atoms with Gasteiger partial charge in [-0.2, -0.15) is 0 Å². The van der Waals surface area contributed by atoms with E-state index in [1.54, 1.807) is 0 Å². The van der Waals surface area contributed by atoms with Crippen LogP contribution in [0.3, 0.4) is 0 Å². The molecule has 2 rings (SSSR count). The molecule has 0 heterocycles. The fraction of sp³-hybridized carbons (Fsp3) is 0.500. The van der Waals surface area contributed by atoms with E-state index < -0.39 is 20.7 Å². The van der Waals surface area contributed by atoms with Gasteiger partial charge in [0.2, 0.25) is 10.0 Å². The molecular weight excluding hydrogens is 470 g/mol. The average molecular weight is 491 g/mol. The zero-order chi connectivity index (χ0) is 16.9. The molecule has 0 amide bonds. The van der Waals surface area contributed by atoms with E-state index in [2.05, 4.69) is 15.0 Å². The van der Waals surface area contributed by atoms with Gasteiger partial charge in [-0.1, -0.05) is 24.4 Å². The van der Waals surface area contributed by atoms with E-state index in [9.17, 15) is 12.8 Å². The van der Waals surface area contributed by atoms with Crippen LogP contribution in [0.1, 0.15) is 25.7 Å². The Bertz CT molecular complexity index is 681. The summed E-state index contributed by atoms with van der Waals surface area (Å²) in [5.74, 6) is -0.593. The van der Waals surface area contributed by atoms with Crippen LogP contribution in [0.15, 0.2) is 28.1 Å². The first-order chi connectivity index (χ1) is 10.9. The van der Waals surface area contributed by atoms with Crippen molar-refractivity contribution in [1.29, 1.82) is 0 Å². The number of nitrogens with one attached hydrogen (secondary N) is 2. The molecule has 0 aliphatic heterocycles. The van der Waals surface area contributed by atoms with E-state index in [1.165, 1.54) is 18.9 Å². The van der Waals surface area contributed by atoms with Crippen LogP contribution in [0.4, 0.5) is 4.39 Å². The van der Waals surface area contributed by atoms with Crippen LogP contribution < -0.4 is 15.8 Å². The smallest absolute Gasteiger partial charge is 0.243 e. The summed E-state index contributed by atoms with van der Waals surface area (Å²) >= 11 is 5.60. The highest BCUT2D eigenvalue weighted by Crippen LogP contribution is 2.19. The monoisotopic (exact) mass is 490 g/mol. The van der Waals surface area contributed by atoms with Gasteiger partial charge in [0.05, 0.1) is 6.54 Å². The van der Waals surface area contributed by atoms with E-state index in [0.717, 1.165) is 25.0 Å². The van der Waals surface area contributed by atoms with Crippen molar-refractivity contribution in [2.75, 3.05) is 13.1 Å². The van der Waals surface area contributed by atoms with Gasteiger partial charge in [0, 0.05) is 17.6 Å². The number of hydrogen-bond acceptors (Lipinski definition) is 3. The van der Waals surface area contributed by atoms with Gasteiger partial charge in [-0.05, 0) is 31.0 Å². The van der Waals surface area contributed by atoms with E-state index in [4.69, 9.17) is 17.3 Å². The highest BCUT2D eigenvalue weighted by atomic mass is 127. The molecule has 1 aliphatic carbocycles. The topological polar surface area (TPSA) is 96.6 Å². The minimum Gasteiger partial charge on any atom is -0.370 e. The second kappa shape index (κ2) is 9.73. The quantitative estimate of drug-likeness (QED) is 0.247. The number of aliphatic imine (C=N–C) groups is 1. The number of benzene rings is 1. The molecule has 0 unspecified atom stereocenters. The largest absolute Gasteiger partial charge is 0.370 e. The number of nitrogens with two attached hydrogens (primary N) is 1. The van der Waals surface area contributed by atoms with E-state index in [-0.39, 0.29) is 42.1 Å². The fourth-order valence-electron chi connectivity index (χ4n) is 2.45. The third kappa shape index (κ3) is 6.34. The second-order valence-electron chi connectivity index (χ2n) is 5.37. The van der Waals surface area contributed by atoms with Crippen LogP contribution in [0.2, 0.25) is 5.02 Å². The van der Waals surface area contributed by atoms with Gasteiger partial charge in [0.15, 0.2) is 5.96 Å². The van der Waals surface area contributed by atoms with Gasteiger partial charge in [-0.15, -0.1) is 24.0 Å². The van der Waals surface area contributed by atoms with Crippen molar-refractivity contribution < 1.29 is 12.8 Å². The summed E-state index contributed by atoms with van der Waals surface area (Å²) in [4.78, 5) is 3.62. The maximum atomic E-state index is 13.6. The Morgan fingerprint density at radius 2 is 2.04 bits per heavy atom. The number of guanidine groups is 1. The Balaban J connectivity index is 0.00000288. The number of sulfonamides is 1. The summed E-state index contributed by atoms with van der Waals surface area (Å²) in [6.07, 6.45) is 4.49. The van der Waals surface area contributed by atoms with Crippen molar-refractivity contribution in [3.63, 3.8) is 0 Å². The minimum atomic E-state index is -3.94. The summed E-state index contributed by atoms with van der Waals surface area (Å²) < 4.78 is 39.9. The van der Waals surface area contributed by atoms with E-state index in [0.29, 0.717) is 12.0 Å². The molecule has 24 heavy (non-hydrogen) atoms. The Kier molecular flexibility index (Phi) is 8.68. The van der Waals surface area contributed by atoms with Gasteiger partial charge in [-0.25, -0.2) is 17.5 Å². The first-order valence-electron chi connectivity index (χ1n) is 7.39. The Morgan fingerprint density at radius 3 is 2.67 bits per heavy atom. The maximum absolute atomic E-state index is 13.6. The SMILES string of the molecule is I.NC(=NCCNS(=O)(=O)c1ccc(Cl)cc1F)NC1CCCC1. The van der Waals surface area contributed by atoms with Crippen LogP contribution in [0.25, 0.3) is 0 Å². The highest BCUT2D eigenvalue weighted by molar-refractivity contribution is 14.0. The number of rotatable bonds is 6. The molecule has 0 atom stereocenters. The molecule has 136 valence electrons. The Hall–Kier alpha value is -0.650. The van der Waals surface area contributed by atoms with Gasteiger partial charge >= 0.3 is 0 Å². The summed E-state index contributed by atoms with van der Waals surface area (Å²) in [5.41, 5.74) is 5.74. The van der Waals surface area contributed by atoms with Gasteiger partial charge < -0.3 is 11.1 Å². The van der Waals surface area contributed by atoms with Crippen LogP contribution in [-0.4, -0.2) is 33.5 Å². The lowest BCUT2D eigenvalue weighted by Gasteiger charge is -2.12. The third-order valence-corrected chi connectivity index (χ3v) is 5.31. The molecule has 1 fully saturated rings. The van der Waals surface area contributed by atoms with E-state index in [1.807, 2.05) is 0 Å². The van der Waals surface area contributed by atoms with Gasteiger partial charge in [0.1, 0.15) is 10.7 Å². The van der Waals surface area contributed by atoms with Crippen molar-refractivity contribution in [3.05, 3.63) is 29.0 Å². The third-order valence-electron chi connectivity index (χ3n) is 3.58. The average Bonchev–Trinajstić information content (AvgIpc) is 2.96. The second-order valence-corrected chi connectivity index (χ2v) is 7.54. The molecule has 1 aromatic rings. The Morgan fingerprint density at radius 1 is 1.38 bits per heavy atom. The minimum absolute atomic E-state index is 0. The lowest BCUT2D eigenvalue weighted by atomic mass is 10.2. The van der Waals surface area contributed by atoms with Crippen LogP contribution in [0, 0.1) is 5.82 Å². The molecule has 1 saturated carbocycles. The van der Waals surface area contributed by atoms with Crippen molar-refractivity contribution >= 4 is 51.6 Å². The summed E-state index contributed by atoms with van der Waals surface area (Å²) in [5, 5.41) is 3.24. The number of nitrogens with zero attached hydrogens (tertiary/aromatic N) is 1. The molecule has 10 heteroatoms. The molecule has 0 aromatic heterocycles. The standard InChI is InChI=1S/C14H20ClFN4O2S.HI/c15-10-5-6-13(12(16)9-10)23(21,22)19-8-7-18-14(17)20-11-3-1-2-4-11;/h5-6,9,11,19H,1-4,7-8H2,(H3,17,18,20);1H. The maximum Gasteiger partial charge on any atom is 0.243 e. The number of halogens is 3. The molecule has 0 saturated heterocycles. The summed E-state index contributed by atoms with van der Waals surface area (Å²) in [7, 11) is -3.94. The summed E-state index contributed by atoms with van der Waals surface area (Å²) in [6.45, 7) is 0.192.